The van der Waals surface area contributed by atoms with Crippen molar-refractivity contribution >= 4 is 0 Å². The van der Waals surface area contributed by atoms with Gasteiger partial charge in [-0.3, -0.25) is 0 Å². The van der Waals surface area contributed by atoms with Gasteiger partial charge in [-0.2, -0.15) is 0 Å². The molecule has 1 aliphatic rings. The van der Waals surface area contributed by atoms with Crippen LogP contribution in [0.5, 0.6) is 0 Å². The lowest BCUT2D eigenvalue weighted by molar-refractivity contribution is 0.0817. The number of hydrogen-bond acceptors (Lipinski definition) is 2. The maximum absolute atomic E-state index is 14.3. The van der Waals surface area contributed by atoms with E-state index in [-0.39, 0.29) is 23.2 Å². The maximum Gasteiger partial charge on any atom is 0.128 e. The molecule has 21 heavy (non-hydrogen) atoms. The molecule has 0 amide bonds. The summed E-state index contributed by atoms with van der Waals surface area (Å²) in [6, 6.07) is 3.55. The molecular formula is C17H26F2N2. The lowest BCUT2D eigenvalue weighted by Gasteiger charge is -2.46. The summed E-state index contributed by atoms with van der Waals surface area (Å²) >= 11 is 0. The molecule has 1 aliphatic carbocycles. The van der Waals surface area contributed by atoms with Gasteiger partial charge in [-0.1, -0.05) is 25.7 Å². The predicted octanol–water partition coefficient (Wildman–Crippen LogP) is 3.88. The van der Waals surface area contributed by atoms with E-state index in [1.54, 1.807) is 0 Å². The average Bonchev–Trinajstić information content (AvgIpc) is 2.70. The van der Waals surface area contributed by atoms with Gasteiger partial charge in [0.25, 0.3) is 0 Å². The smallest absolute Gasteiger partial charge is 0.128 e. The first-order valence-electron chi connectivity index (χ1n) is 7.81. The van der Waals surface area contributed by atoms with E-state index < -0.39 is 0 Å². The van der Waals surface area contributed by atoms with Crippen LogP contribution in [0.3, 0.4) is 0 Å². The average molecular weight is 296 g/mol. The molecule has 0 saturated heterocycles. The van der Waals surface area contributed by atoms with Crippen molar-refractivity contribution in [2.75, 3.05) is 21.1 Å². The third-order valence-electron chi connectivity index (χ3n) is 4.96. The fourth-order valence-corrected chi connectivity index (χ4v) is 3.78. The molecule has 2 nitrogen and oxygen atoms in total. The van der Waals surface area contributed by atoms with Crippen molar-refractivity contribution in [1.82, 2.24) is 10.2 Å². The van der Waals surface area contributed by atoms with Gasteiger partial charge in [-0.25, -0.2) is 8.78 Å². The van der Waals surface area contributed by atoms with E-state index in [2.05, 4.69) is 10.2 Å². The Kier molecular flexibility index (Phi) is 5.33. The molecule has 0 aromatic heterocycles. The number of nitrogens with one attached hydrogen (secondary N) is 1. The number of nitrogens with zero attached hydrogens (tertiary/aromatic N) is 1. The Morgan fingerprint density at radius 2 is 1.71 bits per heavy atom. The van der Waals surface area contributed by atoms with Crippen LogP contribution in [-0.2, 0) is 0 Å². The van der Waals surface area contributed by atoms with E-state index >= 15 is 0 Å². The summed E-state index contributed by atoms with van der Waals surface area (Å²) in [5.41, 5.74) is 0.271. The Hall–Kier alpha value is -1.00. The van der Waals surface area contributed by atoms with Gasteiger partial charge >= 0.3 is 0 Å². The van der Waals surface area contributed by atoms with E-state index in [9.17, 15) is 8.78 Å². The summed E-state index contributed by atoms with van der Waals surface area (Å²) in [6.07, 6.45) is 6.71. The molecule has 4 heteroatoms. The fraction of sp³-hybridized carbons (Fsp3) is 0.647. The molecule has 1 unspecified atom stereocenters. The molecule has 0 radical (unpaired) electrons. The van der Waals surface area contributed by atoms with Crippen molar-refractivity contribution < 1.29 is 8.78 Å². The Morgan fingerprint density at radius 3 is 2.24 bits per heavy atom. The molecular weight excluding hydrogens is 270 g/mol. The van der Waals surface area contributed by atoms with E-state index in [1.165, 1.54) is 31.0 Å². The standard InChI is InChI=1S/C17H26F2N2/c1-20-16(14-12-13(18)8-9-15(14)19)17(21(2)3)10-6-4-5-7-11-17/h8-9,12,16,20H,4-7,10-11H2,1-3H3. The van der Waals surface area contributed by atoms with Gasteiger partial charge in [0.05, 0.1) is 6.04 Å². The van der Waals surface area contributed by atoms with E-state index in [1.807, 2.05) is 21.1 Å². The molecule has 1 saturated carbocycles. The molecule has 118 valence electrons. The minimum atomic E-state index is -0.380. The van der Waals surface area contributed by atoms with Gasteiger partial charge < -0.3 is 10.2 Å². The highest BCUT2D eigenvalue weighted by molar-refractivity contribution is 5.26. The molecule has 1 aromatic rings. The van der Waals surface area contributed by atoms with Crippen LogP contribution >= 0.6 is 0 Å². The molecule has 1 fully saturated rings. The topological polar surface area (TPSA) is 15.3 Å². The van der Waals surface area contributed by atoms with E-state index in [0.717, 1.165) is 25.7 Å². The zero-order chi connectivity index (χ0) is 15.5. The highest BCUT2D eigenvalue weighted by Gasteiger charge is 2.42. The minimum Gasteiger partial charge on any atom is -0.311 e. The van der Waals surface area contributed by atoms with Gasteiger partial charge in [0, 0.05) is 11.1 Å². The first kappa shape index (κ1) is 16.4. The van der Waals surface area contributed by atoms with Crippen LogP contribution < -0.4 is 5.32 Å². The van der Waals surface area contributed by atoms with Crippen molar-refractivity contribution in [2.24, 2.45) is 0 Å². The van der Waals surface area contributed by atoms with Crippen LogP contribution in [0.4, 0.5) is 8.78 Å². The van der Waals surface area contributed by atoms with Gasteiger partial charge in [0.2, 0.25) is 0 Å². The lowest BCUT2D eigenvalue weighted by Crippen LogP contribution is -2.53. The zero-order valence-corrected chi connectivity index (χ0v) is 13.3. The number of likely N-dealkylation sites (N-methyl/N-ethyl adjacent to an activating group) is 2. The second-order valence-corrected chi connectivity index (χ2v) is 6.30. The van der Waals surface area contributed by atoms with E-state index in [4.69, 9.17) is 0 Å². The van der Waals surface area contributed by atoms with Crippen LogP contribution in [0, 0.1) is 11.6 Å². The second kappa shape index (κ2) is 6.84. The quantitative estimate of drug-likeness (QED) is 0.848. The fourth-order valence-electron chi connectivity index (χ4n) is 3.78. The largest absolute Gasteiger partial charge is 0.311 e. The summed E-state index contributed by atoms with van der Waals surface area (Å²) < 4.78 is 27.9. The molecule has 0 aliphatic heterocycles. The highest BCUT2D eigenvalue weighted by Crippen LogP contribution is 2.41. The molecule has 1 aromatic carbocycles. The minimum absolute atomic E-state index is 0.167. The Labute approximate surface area is 126 Å². The van der Waals surface area contributed by atoms with Crippen LogP contribution in [-0.4, -0.2) is 31.6 Å². The molecule has 0 spiro atoms. The van der Waals surface area contributed by atoms with Crippen LogP contribution in [0.25, 0.3) is 0 Å². The van der Waals surface area contributed by atoms with E-state index in [0.29, 0.717) is 5.56 Å². The van der Waals surface area contributed by atoms with Crippen molar-refractivity contribution in [3.8, 4) is 0 Å². The third kappa shape index (κ3) is 3.27. The second-order valence-electron chi connectivity index (χ2n) is 6.30. The molecule has 1 N–H and O–H groups in total. The molecule has 2 rings (SSSR count). The van der Waals surface area contributed by atoms with Gasteiger partial charge in [-0.05, 0) is 52.2 Å². The summed E-state index contributed by atoms with van der Waals surface area (Å²) in [4.78, 5) is 2.20. The number of hydrogen-bond donors (Lipinski definition) is 1. The molecule has 0 heterocycles. The maximum atomic E-state index is 14.3. The van der Waals surface area contributed by atoms with Crippen molar-refractivity contribution in [3.63, 3.8) is 0 Å². The number of halogens is 2. The SMILES string of the molecule is CNC(c1cc(F)ccc1F)C1(N(C)C)CCCCCC1. The Bertz CT molecular complexity index is 466. The van der Waals surface area contributed by atoms with Crippen molar-refractivity contribution in [3.05, 3.63) is 35.4 Å². The Morgan fingerprint density at radius 1 is 1.10 bits per heavy atom. The van der Waals surface area contributed by atoms with Crippen LogP contribution in [0.2, 0.25) is 0 Å². The summed E-state index contributed by atoms with van der Waals surface area (Å²) in [7, 11) is 5.94. The summed E-state index contributed by atoms with van der Waals surface area (Å²) in [6.45, 7) is 0. The summed E-state index contributed by atoms with van der Waals surface area (Å²) in [5, 5.41) is 3.26. The van der Waals surface area contributed by atoms with Gasteiger partial charge in [0.15, 0.2) is 0 Å². The van der Waals surface area contributed by atoms with Crippen LogP contribution in [0.1, 0.15) is 50.1 Å². The normalized spacial score (nSPS) is 20.3. The number of benzene rings is 1. The lowest BCUT2D eigenvalue weighted by atomic mass is 9.78. The van der Waals surface area contributed by atoms with Crippen molar-refractivity contribution in [1.29, 1.82) is 0 Å². The highest BCUT2D eigenvalue weighted by atomic mass is 19.1. The predicted molar refractivity (Wildman–Crippen MR) is 82.3 cm³/mol. The summed E-state index contributed by atoms with van der Waals surface area (Å²) in [5.74, 6) is -0.713. The number of rotatable bonds is 4. The Balaban J connectivity index is 2.46. The van der Waals surface area contributed by atoms with Crippen molar-refractivity contribution in [2.45, 2.75) is 50.1 Å². The third-order valence-corrected chi connectivity index (χ3v) is 4.96. The zero-order valence-electron chi connectivity index (χ0n) is 13.3. The first-order chi connectivity index (χ1) is 10.0. The molecule has 0 bridgehead atoms. The van der Waals surface area contributed by atoms with Crippen LogP contribution in [0.15, 0.2) is 18.2 Å². The molecule has 1 atom stereocenters. The monoisotopic (exact) mass is 296 g/mol. The van der Waals surface area contributed by atoms with Gasteiger partial charge in [0.1, 0.15) is 11.6 Å². The van der Waals surface area contributed by atoms with Gasteiger partial charge in [-0.15, -0.1) is 0 Å². The first-order valence-corrected chi connectivity index (χ1v) is 7.81.